The zero-order valence-corrected chi connectivity index (χ0v) is 11.2. The maximum atomic E-state index is 12.1. The average Bonchev–Trinajstić information content (AvgIpc) is 2.92. The first-order valence-corrected chi connectivity index (χ1v) is 6.59. The van der Waals surface area contributed by atoms with E-state index < -0.39 is 0 Å². The van der Waals surface area contributed by atoms with Gasteiger partial charge in [0.2, 0.25) is 5.91 Å². The number of carbonyl (C=O) groups is 2. The molecular weight excluding hydrogens is 272 g/mol. The van der Waals surface area contributed by atoms with E-state index in [0.29, 0.717) is 42.3 Å². The Bertz CT molecular complexity index is 664. The fourth-order valence-electron chi connectivity index (χ4n) is 2.04. The van der Waals surface area contributed by atoms with Crippen LogP contribution in [0.15, 0.2) is 41.0 Å². The van der Waals surface area contributed by atoms with Crippen LogP contribution in [0.3, 0.4) is 0 Å². The molecule has 21 heavy (non-hydrogen) atoms. The number of furan rings is 1. The van der Waals surface area contributed by atoms with Gasteiger partial charge in [0.25, 0.3) is 5.91 Å². The minimum atomic E-state index is -0.243. The Hall–Kier alpha value is -2.76. The second-order valence-corrected chi connectivity index (χ2v) is 4.62. The van der Waals surface area contributed by atoms with E-state index >= 15 is 0 Å². The van der Waals surface area contributed by atoms with E-state index in [2.05, 4.69) is 10.6 Å². The summed E-state index contributed by atoms with van der Waals surface area (Å²) in [7, 11) is 0. The molecule has 6 heteroatoms. The van der Waals surface area contributed by atoms with Crippen LogP contribution in [-0.4, -0.2) is 18.4 Å². The third-order valence-electron chi connectivity index (χ3n) is 3.11. The highest BCUT2D eigenvalue weighted by atomic mass is 16.5. The van der Waals surface area contributed by atoms with Gasteiger partial charge in [0.15, 0.2) is 0 Å². The molecule has 6 nitrogen and oxygen atoms in total. The monoisotopic (exact) mass is 286 g/mol. The van der Waals surface area contributed by atoms with Gasteiger partial charge in [-0.05, 0) is 30.3 Å². The van der Waals surface area contributed by atoms with Gasteiger partial charge in [-0.2, -0.15) is 0 Å². The zero-order valence-electron chi connectivity index (χ0n) is 11.2. The van der Waals surface area contributed by atoms with Crippen LogP contribution < -0.4 is 15.4 Å². The summed E-state index contributed by atoms with van der Waals surface area (Å²) in [6.45, 7) is 0.647. The van der Waals surface area contributed by atoms with Gasteiger partial charge in [0, 0.05) is 5.56 Å². The molecular formula is C15H14N2O4. The summed E-state index contributed by atoms with van der Waals surface area (Å²) in [5, 5.41) is 5.47. The molecule has 0 radical (unpaired) electrons. The molecule has 1 aliphatic heterocycles. The summed E-state index contributed by atoms with van der Waals surface area (Å²) < 4.78 is 10.6. The Labute approximate surface area is 121 Å². The maximum Gasteiger partial charge on any atom is 0.251 e. The average molecular weight is 286 g/mol. The van der Waals surface area contributed by atoms with Crippen molar-refractivity contribution >= 4 is 17.5 Å². The molecule has 2 amide bonds. The van der Waals surface area contributed by atoms with E-state index in [1.54, 1.807) is 36.6 Å². The lowest BCUT2D eigenvalue weighted by atomic mass is 10.1. The molecule has 0 spiro atoms. The molecule has 0 saturated heterocycles. The van der Waals surface area contributed by atoms with E-state index in [4.69, 9.17) is 9.15 Å². The van der Waals surface area contributed by atoms with Crippen LogP contribution in [0.25, 0.3) is 0 Å². The van der Waals surface area contributed by atoms with Crippen molar-refractivity contribution in [1.82, 2.24) is 5.32 Å². The quantitative estimate of drug-likeness (QED) is 0.903. The topological polar surface area (TPSA) is 80.6 Å². The highest BCUT2D eigenvalue weighted by molar-refractivity contribution is 5.98. The highest BCUT2D eigenvalue weighted by Crippen LogP contribution is 2.28. The number of anilines is 1. The van der Waals surface area contributed by atoms with Crippen molar-refractivity contribution < 1.29 is 18.7 Å². The van der Waals surface area contributed by atoms with Gasteiger partial charge in [-0.15, -0.1) is 0 Å². The predicted molar refractivity (Wildman–Crippen MR) is 75.1 cm³/mol. The molecule has 0 fully saturated rings. The van der Waals surface area contributed by atoms with Gasteiger partial charge < -0.3 is 19.8 Å². The molecule has 0 saturated carbocycles. The summed E-state index contributed by atoms with van der Waals surface area (Å²) in [6, 6.07) is 8.49. The molecule has 3 rings (SSSR count). The molecule has 108 valence electrons. The fourth-order valence-corrected chi connectivity index (χ4v) is 2.04. The van der Waals surface area contributed by atoms with E-state index in [-0.39, 0.29) is 11.8 Å². The molecule has 1 aromatic carbocycles. The largest absolute Gasteiger partial charge is 0.491 e. The Kier molecular flexibility index (Phi) is 3.59. The summed E-state index contributed by atoms with van der Waals surface area (Å²) in [5.74, 6) is 0.882. The Morgan fingerprint density at radius 1 is 1.33 bits per heavy atom. The van der Waals surface area contributed by atoms with Crippen molar-refractivity contribution in [2.24, 2.45) is 0 Å². The van der Waals surface area contributed by atoms with Crippen molar-refractivity contribution in [3.05, 3.63) is 47.9 Å². The first-order valence-electron chi connectivity index (χ1n) is 6.59. The second-order valence-electron chi connectivity index (χ2n) is 4.62. The van der Waals surface area contributed by atoms with E-state index in [1.165, 1.54) is 0 Å². The normalized spacial score (nSPS) is 13.6. The lowest BCUT2D eigenvalue weighted by molar-refractivity contribution is -0.116. The van der Waals surface area contributed by atoms with Gasteiger partial charge in [-0.3, -0.25) is 9.59 Å². The third kappa shape index (κ3) is 3.05. The Morgan fingerprint density at radius 3 is 3.05 bits per heavy atom. The number of ether oxygens (including phenoxy) is 1. The van der Waals surface area contributed by atoms with Crippen LogP contribution in [0.2, 0.25) is 0 Å². The van der Waals surface area contributed by atoms with Crippen molar-refractivity contribution in [3.63, 3.8) is 0 Å². The van der Waals surface area contributed by atoms with Gasteiger partial charge in [-0.1, -0.05) is 0 Å². The van der Waals surface area contributed by atoms with Crippen LogP contribution in [-0.2, 0) is 11.3 Å². The SMILES string of the molecule is O=C1CCOc2ccc(C(=O)NCc3ccco3)cc2N1. The number of hydrogen-bond acceptors (Lipinski definition) is 4. The zero-order chi connectivity index (χ0) is 14.7. The standard InChI is InChI=1S/C15H14N2O4/c18-14-5-7-21-13-4-3-10(8-12(13)17-14)15(19)16-9-11-2-1-6-20-11/h1-4,6,8H,5,7,9H2,(H,16,19)(H,17,18). The first-order chi connectivity index (χ1) is 10.2. The van der Waals surface area contributed by atoms with Crippen molar-refractivity contribution in [3.8, 4) is 5.75 Å². The number of nitrogens with one attached hydrogen (secondary N) is 2. The Morgan fingerprint density at radius 2 is 2.24 bits per heavy atom. The number of rotatable bonds is 3. The van der Waals surface area contributed by atoms with Crippen LogP contribution in [0.1, 0.15) is 22.5 Å². The number of hydrogen-bond donors (Lipinski definition) is 2. The van der Waals surface area contributed by atoms with Crippen molar-refractivity contribution in [2.75, 3.05) is 11.9 Å². The lowest BCUT2D eigenvalue weighted by Crippen LogP contribution is -2.22. The third-order valence-corrected chi connectivity index (χ3v) is 3.11. The second kappa shape index (κ2) is 5.70. The molecule has 1 aromatic heterocycles. The predicted octanol–water partition coefficient (Wildman–Crippen LogP) is 1.93. The number of benzene rings is 1. The fraction of sp³-hybridized carbons (Fsp3) is 0.200. The number of carbonyl (C=O) groups excluding carboxylic acids is 2. The molecule has 0 aliphatic carbocycles. The highest BCUT2D eigenvalue weighted by Gasteiger charge is 2.16. The van der Waals surface area contributed by atoms with Crippen LogP contribution in [0.4, 0.5) is 5.69 Å². The minimum Gasteiger partial charge on any atom is -0.491 e. The lowest BCUT2D eigenvalue weighted by Gasteiger charge is -2.09. The van der Waals surface area contributed by atoms with Crippen LogP contribution >= 0.6 is 0 Å². The molecule has 0 unspecified atom stereocenters. The van der Waals surface area contributed by atoms with E-state index in [0.717, 1.165) is 0 Å². The number of amides is 2. The van der Waals surface area contributed by atoms with Crippen molar-refractivity contribution in [1.29, 1.82) is 0 Å². The van der Waals surface area contributed by atoms with Gasteiger partial charge in [-0.25, -0.2) is 0 Å². The maximum absolute atomic E-state index is 12.1. The molecule has 2 heterocycles. The summed E-state index contributed by atoms with van der Waals surface area (Å²) >= 11 is 0. The molecule has 2 N–H and O–H groups in total. The van der Waals surface area contributed by atoms with Gasteiger partial charge in [0.1, 0.15) is 11.5 Å². The molecule has 2 aromatic rings. The van der Waals surface area contributed by atoms with Gasteiger partial charge in [0.05, 0.1) is 31.5 Å². The Balaban J connectivity index is 1.73. The summed E-state index contributed by atoms with van der Waals surface area (Å²) in [5.41, 5.74) is 0.967. The molecule has 1 aliphatic rings. The van der Waals surface area contributed by atoms with E-state index in [9.17, 15) is 9.59 Å². The summed E-state index contributed by atoms with van der Waals surface area (Å²) in [4.78, 5) is 23.6. The summed E-state index contributed by atoms with van der Waals surface area (Å²) in [6.07, 6.45) is 1.85. The van der Waals surface area contributed by atoms with Crippen LogP contribution in [0.5, 0.6) is 5.75 Å². The van der Waals surface area contributed by atoms with Crippen molar-refractivity contribution in [2.45, 2.75) is 13.0 Å². The smallest absolute Gasteiger partial charge is 0.251 e. The molecule has 0 bridgehead atoms. The first kappa shape index (κ1) is 13.2. The van der Waals surface area contributed by atoms with Crippen LogP contribution in [0, 0.1) is 0 Å². The minimum absolute atomic E-state index is 0.123. The number of fused-ring (bicyclic) bond motifs is 1. The van der Waals surface area contributed by atoms with Gasteiger partial charge >= 0.3 is 0 Å². The molecule has 0 atom stereocenters. The van der Waals surface area contributed by atoms with E-state index in [1.807, 2.05) is 0 Å².